The van der Waals surface area contributed by atoms with E-state index in [4.69, 9.17) is 9.47 Å². The number of nitrogens with zero attached hydrogens (tertiary/aromatic N) is 2. The number of rotatable bonds is 5. The van der Waals surface area contributed by atoms with Gasteiger partial charge in [0.05, 0.1) is 18.8 Å². The Kier molecular flexibility index (Phi) is 7.79. The summed E-state index contributed by atoms with van der Waals surface area (Å²) in [6, 6.07) is 7.34. The minimum atomic E-state index is -0.468. The summed E-state index contributed by atoms with van der Waals surface area (Å²) in [6.45, 7) is 8.47. The number of methoxy groups -OCH3 is 1. The monoisotopic (exact) mass is 404 g/mol. The first-order chi connectivity index (χ1) is 13.7. The second-order valence-electron chi connectivity index (χ2n) is 8.40. The van der Waals surface area contributed by atoms with Gasteiger partial charge in [-0.3, -0.25) is 14.4 Å². The van der Waals surface area contributed by atoms with Crippen molar-refractivity contribution in [2.45, 2.75) is 46.6 Å². The lowest BCUT2D eigenvalue weighted by Gasteiger charge is -2.29. The summed E-state index contributed by atoms with van der Waals surface area (Å²) in [6.07, 6.45) is 0.0944. The standard InChI is InChI=1S/C22H32N2O5/c1-6-29-21(27)15-24-17-10-8-7-9-16(17)18(28-5)14-23(12-11-19(24)25)20(26)13-22(2,3)4/h7-10,18H,6,11-15H2,1-5H3. The molecule has 0 saturated carbocycles. The average molecular weight is 405 g/mol. The molecule has 0 fully saturated rings. The SMILES string of the molecule is CCOC(=O)CN1C(=O)CCN(C(=O)CC(C)(C)C)CC(OC)c2ccccc21. The summed E-state index contributed by atoms with van der Waals surface area (Å²) in [5, 5.41) is 0. The fraction of sp³-hybridized carbons (Fsp3) is 0.591. The second-order valence-corrected chi connectivity index (χ2v) is 8.40. The highest BCUT2D eigenvalue weighted by molar-refractivity contribution is 5.98. The Bertz CT molecular complexity index is 741. The molecular weight excluding hydrogens is 372 g/mol. The Labute approximate surface area is 172 Å². The predicted molar refractivity (Wildman–Crippen MR) is 110 cm³/mol. The normalized spacial score (nSPS) is 17.8. The molecule has 1 aromatic carbocycles. The van der Waals surface area contributed by atoms with Crippen molar-refractivity contribution < 1.29 is 23.9 Å². The fourth-order valence-electron chi connectivity index (χ4n) is 3.40. The molecule has 0 spiro atoms. The number of carbonyl (C=O) groups is 3. The van der Waals surface area contributed by atoms with Crippen LogP contribution in [-0.2, 0) is 23.9 Å². The molecule has 2 rings (SSSR count). The smallest absolute Gasteiger partial charge is 0.326 e. The summed E-state index contributed by atoms with van der Waals surface area (Å²) in [7, 11) is 1.59. The number of amides is 2. The van der Waals surface area contributed by atoms with Crippen molar-refractivity contribution in [2.75, 3.05) is 38.3 Å². The quantitative estimate of drug-likeness (QED) is 0.706. The van der Waals surface area contributed by atoms with Gasteiger partial charge >= 0.3 is 5.97 Å². The van der Waals surface area contributed by atoms with Crippen LogP contribution in [-0.4, -0.2) is 56.0 Å². The number of carbonyl (C=O) groups excluding carboxylic acids is 3. The van der Waals surface area contributed by atoms with Gasteiger partial charge in [0.25, 0.3) is 0 Å². The van der Waals surface area contributed by atoms with Crippen molar-refractivity contribution in [3.05, 3.63) is 29.8 Å². The van der Waals surface area contributed by atoms with E-state index in [1.807, 2.05) is 39.0 Å². The molecule has 29 heavy (non-hydrogen) atoms. The van der Waals surface area contributed by atoms with Gasteiger partial charge in [0, 0.05) is 32.1 Å². The van der Waals surface area contributed by atoms with Crippen LogP contribution in [0.4, 0.5) is 5.69 Å². The zero-order chi connectivity index (χ0) is 21.6. The third-order valence-corrected chi connectivity index (χ3v) is 4.77. The molecule has 1 unspecified atom stereocenters. The summed E-state index contributed by atoms with van der Waals surface area (Å²) in [5.41, 5.74) is 1.22. The summed E-state index contributed by atoms with van der Waals surface area (Å²) in [4.78, 5) is 41.2. The fourth-order valence-corrected chi connectivity index (χ4v) is 3.40. The van der Waals surface area contributed by atoms with E-state index in [0.717, 1.165) is 5.56 Å². The topological polar surface area (TPSA) is 76.2 Å². The molecule has 1 aromatic rings. The first kappa shape index (κ1) is 22.9. The lowest BCUT2D eigenvalue weighted by Crippen LogP contribution is -2.40. The zero-order valence-corrected chi connectivity index (χ0v) is 18.1. The maximum absolute atomic E-state index is 13.0. The lowest BCUT2D eigenvalue weighted by molar-refractivity contribution is -0.142. The Hall–Kier alpha value is -2.41. The van der Waals surface area contributed by atoms with E-state index >= 15 is 0 Å². The lowest BCUT2D eigenvalue weighted by atomic mass is 9.91. The average Bonchev–Trinajstić information content (AvgIpc) is 2.69. The number of hydrogen-bond acceptors (Lipinski definition) is 5. The first-order valence-electron chi connectivity index (χ1n) is 10.0. The number of fused-ring (bicyclic) bond motifs is 1. The third kappa shape index (κ3) is 6.29. The molecule has 7 nitrogen and oxygen atoms in total. The van der Waals surface area contributed by atoms with Gasteiger partial charge in [0.1, 0.15) is 12.6 Å². The van der Waals surface area contributed by atoms with Crippen LogP contribution in [0.5, 0.6) is 0 Å². The molecule has 0 saturated heterocycles. The minimum Gasteiger partial charge on any atom is -0.465 e. The molecule has 1 atom stereocenters. The van der Waals surface area contributed by atoms with E-state index in [2.05, 4.69) is 0 Å². The van der Waals surface area contributed by atoms with Crippen LogP contribution >= 0.6 is 0 Å². The Morgan fingerprint density at radius 2 is 1.90 bits per heavy atom. The van der Waals surface area contributed by atoms with E-state index in [-0.39, 0.29) is 43.3 Å². The van der Waals surface area contributed by atoms with Gasteiger partial charge in [-0.25, -0.2) is 0 Å². The molecule has 160 valence electrons. The molecular formula is C22H32N2O5. The van der Waals surface area contributed by atoms with Gasteiger partial charge in [-0.15, -0.1) is 0 Å². The molecule has 1 aliphatic rings. The van der Waals surface area contributed by atoms with Gasteiger partial charge in [-0.1, -0.05) is 39.0 Å². The highest BCUT2D eigenvalue weighted by Crippen LogP contribution is 2.32. The molecule has 0 aliphatic carbocycles. The van der Waals surface area contributed by atoms with Crippen molar-refractivity contribution in [1.29, 1.82) is 0 Å². The van der Waals surface area contributed by atoms with E-state index in [9.17, 15) is 14.4 Å². The van der Waals surface area contributed by atoms with Gasteiger partial charge in [-0.05, 0) is 18.4 Å². The number of anilines is 1. The van der Waals surface area contributed by atoms with Crippen molar-refractivity contribution in [2.24, 2.45) is 5.41 Å². The van der Waals surface area contributed by atoms with Crippen LogP contribution in [0, 0.1) is 5.41 Å². The summed E-state index contributed by atoms with van der Waals surface area (Å²) < 4.78 is 10.8. The van der Waals surface area contributed by atoms with E-state index in [1.54, 1.807) is 25.0 Å². The molecule has 1 aliphatic heterocycles. The third-order valence-electron chi connectivity index (χ3n) is 4.77. The van der Waals surface area contributed by atoms with Crippen LogP contribution in [0.15, 0.2) is 24.3 Å². The largest absolute Gasteiger partial charge is 0.465 e. The maximum Gasteiger partial charge on any atom is 0.326 e. The van der Waals surface area contributed by atoms with E-state index in [1.165, 1.54) is 4.90 Å². The van der Waals surface area contributed by atoms with E-state index < -0.39 is 12.1 Å². The number of esters is 1. The van der Waals surface area contributed by atoms with Crippen LogP contribution in [0.25, 0.3) is 0 Å². The molecule has 2 amide bonds. The first-order valence-corrected chi connectivity index (χ1v) is 10.0. The molecule has 0 radical (unpaired) electrons. The number of para-hydroxylation sites is 1. The van der Waals surface area contributed by atoms with Gasteiger partial charge in [-0.2, -0.15) is 0 Å². The predicted octanol–water partition coefficient (Wildman–Crippen LogP) is 2.94. The van der Waals surface area contributed by atoms with Crippen LogP contribution in [0.2, 0.25) is 0 Å². The van der Waals surface area contributed by atoms with Gasteiger partial charge in [0.2, 0.25) is 11.8 Å². The molecule has 0 N–H and O–H groups in total. The van der Waals surface area contributed by atoms with Gasteiger partial charge in [0.15, 0.2) is 0 Å². The van der Waals surface area contributed by atoms with Crippen LogP contribution < -0.4 is 4.90 Å². The van der Waals surface area contributed by atoms with Crippen molar-refractivity contribution in [3.63, 3.8) is 0 Å². The van der Waals surface area contributed by atoms with Crippen molar-refractivity contribution >= 4 is 23.5 Å². The molecule has 7 heteroatoms. The van der Waals surface area contributed by atoms with Crippen molar-refractivity contribution in [3.8, 4) is 0 Å². The van der Waals surface area contributed by atoms with Crippen LogP contribution in [0.3, 0.4) is 0 Å². The molecule has 0 aromatic heterocycles. The maximum atomic E-state index is 13.0. The molecule has 0 bridgehead atoms. The van der Waals surface area contributed by atoms with Crippen LogP contribution in [0.1, 0.15) is 52.2 Å². The number of hydrogen-bond donors (Lipinski definition) is 0. The highest BCUT2D eigenvalue weighted by atomic mass is 16.5. The number of benzene rings is 1. The molecule has 1 heterocycles. The summed E-state index contributed by atoms with van der Waals surface area (Å²) >= 11 is 0. The van der Waals surface area contributed by atoms with Crippen molar-refractivity contribution in [1.82, 2.24) is 4.90 Å². The highest BCUT2D eigenvalue weighted by Gasteiger charge is 2.31. The minimum absolute atomic E-state index is 0.0105. The number of ether oxygens (including phenoxy) is 2. The van der Waals surface area contributed by atoms with Gasteiger partial charge < -0.3 is 19.3 Å². The second kappa shape index (κ2) is 9.87. The Balaban J connectivity index is 2.40. The zero-order valence-electron chi connectivity index (χ0n) is 18.1. The Morgan fingerprint density at radius 3 is 2.52 bits per heavy atom. The Morgan fingerprint density at radius 1 is 1.21 bits per heavy atom. The summed E-state index contributed by atoms with van der Waals surface area (Å²) in [5.74, 6) is -0.705. The van der Waals surface area contributed by atoms with E-state index in [0.29, 0.717) is 18.7 Å².